The number of hydrogen-bond donors (Lipinski definition) is 0. The summed E-state index contributed by atoms with van der Waals surface area (Å²) in [6, 6.07) is 20.9. The molecule has 1 amide bonds. The first-order valence-electron chi connectivity index (χ1n) is 11.2. The van der Waals surface area contributed by atoms with Crippen molar-refractivity contribution in [3.8, 4) is 0 Å². The van der Waals surface area contributed by atoms with Crippen LogP contribution < -0.4 is 5.56 Å². The van der Waals surface area contributed by atoms with Crippen LogP contribution in [0.25, 0.3) is 21.7 Å². The molecule has 0 N–H and O–H groups in total. The number of benzene rings is 3. The van der Waals surface area contributed by atoms with E-state index in [4.69, 9.17) is 4.98 Å². The first-order chi connectivity index (χ1) is 15.4. The molecular formula is C27H29N3O2. The minimum absolute atomic E-state index is 0.0537. The number of nitrogens with zero attached hydrogens (tertiary/aromatic N) is 3. The Kier molecular flexibility index (Phi) is 6.08. The van der Waals surface area contributed by atoms with Crippen molar-refractivity contribution in [3.63, 3.8) is 0 Å². The molecule has 1 unspecified atom stereocenters. The second kappa shape index (κ2) is 8.95. The quantitative estimate of drug-likeness (QED) is 0.412. The molecule has 0 saturated heterocycles. The first-order valence-corrected chi connectivity index (χ1v) is 11.2. The fraction of sp³-hybridized carbons (Fsp3) is 0.296. The smallest absolute Gasteiger partial charge is 0.261 e. The van der Waals surface area contributed by atoms with Gasteiger partial charge in [-0.05, 0) is 54.8 Å². The minimum atomic E-state index is -0.353. The first kappa shape index (κ1) is 21.8. The van der Waals surface area contributed by atoms with Gasteiger partial charge in [-0.25, -0.2) is 4.98 Å². The van der Waals surface area contributed by atoms with E-state index in [0.717, 1.165) is 10.8 Å². The molecule has 0 bridgehead atoms. The molecule has 32 heavy (non-hydrogen) atoms. The molecule has 5 heteroatoms. The van der Waals surface area contributed by atoms with E-state index in [2.05, 4.69) is 13.8 Å². The molecule has 0 spiro atoms. The van der Waals surface area contributed by atoms with Crippen LogP contribution in [0.1, 0.15) is 49.9 Å². The van der Waals surface area contributed by atoms with Crippen LogP contribution in [0.5, 0.6) is 0 Å². The SMILES string of the molecule is CCn1c(C(C)N(CC(C)C)C(=O)c2ccc3ccccc3c2)nc2ccccc2c1=O. The molecule has 3 aromatic carbocycles. The molecule has 4 aromatic rings. The van der Waals surface area contributed by atoms with E-state index in [-0.39, 0.29) is 23.4 Å². The number of carbonyl (C=O) groups excluding carboxylic acids is 1. The number of carbonyl (C=O) groups is 1. The number of amides is 1. The Morgan fingerprint density at radius 2 is 1.66 bits per heavy atom. The maximum Gasteiger partial charge on any atom is 0.261 e. The van der Waals surface area contributed by atoms with Gasteiger partial charge in [-0.1, -0.05) is 56.3 Å². The Bertz CT molecular complexity index is 1340. The molecule has 0 aliphatic heterocycles. The predicted octanol–water partition coefficient (Wildman–Crippen LogP) is 5.43. The van der Waals surface area contributed by atoms with E-state index in [1.54, 1.807) is 10.6 Å². The molecule has 5 nitrogen and oxygen atoms in total. The second-order valence-corrected chi connectivity index (χ2v) is 8.63. The van der Waals surface area contributed by atoms with Crippen molar-refractivity contribution in [1.82, 2.24) is 14.5 Å². The summed E-state index contributed by atoms with van der Waals surface area (Å²) in [6.07, 6.45) is 0. The molecule has 0 radical (unpaired) electrons. The van der Waals surface area contributed by atoms with Crippen molar-refractivity contribution in [2.24, 2.45) is 5.92 Å². The fourth-order valence-electron chi connectivity index (χ4n) is 4.25. The molecule has 4 rings (SSSR count). The van der Waals surface area contributed by atoms with Crippen molar-refractivity contribution in [2.75, 3.05) is 6.54 Å². The van der Waals surface area contributed by atoms with Gasteiger partial charge in [0.25, 0.3) is 11.5 Å². The van der Waals surface area contributed by atoms with E-state index >= 15 is 0 Å². The van der Waals surface area contributed by atoms with Crippen molar-refractivity contribution >= 4 is 27.6 Å². The van der Waals surface area contributed by atoms with Gasteiger partial charge in [-0.3, -0.25) is 14.2 Å². The van der Waals surface area contributed by atoms with E-state index in [1.807, 2.05) is 79.4 Å². The van der Waals surface area contributed by atoms with Crippen LogP contribution >= 0.6 is 0 Å². The molecular weight excluding hydrogens is 398 g/mol. The number of hydrogen-bond acceptors (Lipinski definition) is 3. The van der Waals surface area contributed by atoms with Crippen molar-refractivity contribution < 1.29 is 4.79 Å². The number of rotatable bonds is 6. The maximum atomic E-state index is 13.7. The van der Waals surface area contributed by atoms with Crippen molar-refractivity contribution in [3.05, 3.63) is 88.5 Å². The van der Waals surface area contributed by atoms with Crippen LogP contribution in [0.15, 0.2) is 71.5 Å². The highest BCUT2D eigenvalue weighted by molar-refractivity contribution is 5.98. The van der Waals surface area contributed by atoms with Gasteiger partial charge < -0.3 is 4.90 Å². The molecule has 1 atom stereocenters. The highest BCUT2D eigenvalue weighted by Crippen LogP contribution is 2.25. The summed E-state index contributed by atoms with van der Waals surface area (Å²) in [7, 11) is 0. The largest absolute Gasteiger partial charge is 0.328 e. The van der Waals surface area contributed by atoms with Crippen molar-refractivity contribution in [1.29, 1.82) is 0 Å². The number of fused-ring (bicyclic) bond motifs is 2. The Labute approximate surface area is 188 Å². The zero-order chi connectivity index (χ0) is 22.8. The summed E-state index contributed by atoms with van der Waals surface area (Å²) < 4.78 is 1.69. The van der Waals surface area contributed by atoms with E-state index in [1.165, 1.54) is 0 Å². The van der Waals surface area contributed by atoms with Gasteiger partial charge in [0, 0.05) is 18.7 Å². The monoisotopic (exact) mass is 427 g/mol. The summed E-state index contributed by atoms with van der Waals surface area (Å²) in [5.41, 5.74) is 1.23. The predicted molar refractivity (Wildman–Crippen MR) is 130 cm³/mol. The van der Waals surface area contributed by atoms with Gasteiger partial charge in [0.15, 0.2) is 0 Å². The van der Waals surface area contributed by atoms with Gasteiger partial charge in [0.05, 0.1) is 16.9 Å². The summed E-state index contributed by atoms with van der Waals surface area (Å²) in [4.78, 5) is 33.5. The third-order valence-electron chi connectivity index (χ3n) is 5.87. The van der Waals surface area contributed by atoms with E-state index < -0.39 is 0 Å². The van der Waals surface area contributed by atoms with Crippen LogP contribution in [0.3, 0.4) is 0 Å². The lowest BCUT2D eigenvalue weighted by molar-refractivity contribution is 0.0653. The highest BCUT2D eigenvalue weighted by Gasteiger charge is 2.27. The Balaban J connectivity index is 1.80. The summed E-state index contributed by atoms with van der Waals surface area (Å²) in [5, 5.41) is 2.73. The third kappa shape index (κ3) is 4.03. The second-order valence-electron chi connectivity index (χ2n) is 8.63. The summed E-state index contributed by atoms with van der Waals surface area (Å²) in [6.45, 7) is 9.15. The third-order valence-corrected chi connectivity index (χ3v) is 5.87. The average molecular weight is 428 g/mol. The lowest BCUT2D eigenvalue weighted by Crippen LogP contribution is -2.39. The number of aromatic nitrogens is 2. The maximum absolute atomic E-state index is 13.7. The Hall–Kier alpha value is -3.47. The molecule has 0 aliphatic carbocycles. The van der Waals surface area contributed by atoms with Gasteiger partial charge in [-0.15, -0.1) is 0 Å². The average Bonchev–Trinajstić information content (AvgIpc) is 2.81. The topological polar surface area (TPSA) is 55.2 Å². The molecule has 1 heterocycles. The molecule has 0 fully saturated rings. The normalized spacial score (nSPS) is 12.4. The molecule has 164 valence electrons. The Morgan fingerprint density at radius 3 is 2.38 bits per heavy atom. The lowest BCUT2D eigenvalue weighted by atomic mass is 10.0. The highest BCUT2D eigenvalue weighted by atomic mass is 16.2. The number of para-hydroxylation sites is 1. The van der Waals surface area contributed by atoms with Crippen LogP contribution in [-0.2, 0) is 6.54 Å². The minimum Gasteiger partial charge on any atom is -0.328 e. The van der Waals surface area contributed by atoms with Gasteiger partial charge in [-0.2, -0.15) is 0 Å². The molecule has 1 aromatic heterocycles. The molecule has 0 saturated carbocycles. The van der Waals surface area contributed by atoms with Gasteiger partial charge in [0.2, 0.25) is 0 Å². The van der Waals surface area contributed by atoms with E-state index in [0.29, 0.717) is 35.4 Å². The van der Waals surface area contributed by atoms with Gasteiger partial charge in [0.1, 0.15) is 5.82 Å². The van der Waals surface area contributed by atoms with Crippen LogP contribution in [-0.4, -0.2) is 26.9 Å². The summed E-state index contributed by atoms with van der Waals surface area (Å²) >= 11 is 0. The standard InChI is InChI=1S/C27H29N3O2/c1-5-29-25(28-24-13-9-8-12-23(24)27(29)32)19(4)30(17-18(2)3)26(31)22-15-14-20-10-6-7-11-21(20)16-22/h6-16,18-19H,5,17H2,1-4H3. The Morgan fingerprint density at radius 1 is 0.969 bits per heavy atom. The van der Waals surface area contributed by atoms with Crippen LogP contribution in [0, 0.1) is 5.92 Å². The zero-order valence-corrected chi connectivity index (χ0v) is 19.1. The van der Waals surface area contributed by atoms with Crippen molar-refractivity contribution in [2.45, 2.75) is 40.3 Å². The van der Waals surface area contributed by atoms with E-state index in [9.17, 15) is 9.59 Å². The molecule has 0 aliphatic rings. The zero-order valence-electron chi connectivity index (χ0n) is 19.1. The van der Waals surface area contributed by atoms with Gasteiger partial charge >= 0.3 is 0 Å². The summed E-state index contributed by atoms with van der Waals surface area (Å²) in [5.74, 6) is 0.831. The lowest BCUT2D eigenvalue weighted by Gasteiger charge is -2.32. The van der Waals surface area contributed by atoms with Crippen LogP contribution in [0.4, 0.5) is 0 Å². The fourth-order valence-corrected chi connectivity index (χ4v) is 4.25. The van der Waals surface area contributed by atoms with Crippen LogP contribution in [0.2, 0.25) is 0 Å².